The van der Waals surface area contributed by atoms with Crippen LogP contribution in [0.1, 0.15) is 20.7 Å². The summed E-state index contributed by atoms with van der Waals surface area (Å²) in [5.41, 5.74) is 3.31. The van der Waals surface area contributed by atoms with Gasteiger partial charge in [-0.3, -0.25) is 19.6 Å². The average molecular weight is 301 g/mol. The van der Waals surface area contributed by atoms with Crippen LogP contribution in [0, 0.1) is 0 Å². The fourth-order valence-corrected chi connectivity index (χ4v) is 2.67. The first kappa shape index (κ1) is 13.3. The number of amides is 2. The van der Waals surface area contributed by atoms with E-state index in [-0.39, 0.29) is 11.8 Å². The standard InChI is InChI=1S/C18H11N3O2/c22-17-15-7-10-20-11-16(15)18(23)21(17)14-3-1-12(2-4-14)13-5-8-19-9-6-13/h1-11H. The lowest BCUT2D eigenvalue weighted by Gasteiger charge is -2.14. The molecule has 0 atom stereocenters. The van der Waals surface area contributed by atoms with Crippen molar-refractivity contribution in [3.8, 4) is 11.1 Å². The van der Waals surface area contributed by atoms with Gasteiger partial charge in [-0.15, -0.1) is 0 Å². The zero-order valence-corrected chi connectivity index (χ0v) is 12.0. The number of benzene rings is 1. The third-order valence-corrected chi connectivity index (χ3v) is 3.83. The topological polar surface area (TPSA) is 63.2 Å². The Labute approximate surface area is 132 Å². The van der Waals surface area contributed by atoms with E-state index in [1.807, 2.05) is 24.3 Å². The smallest absolute Gasteiger partial charge is 0.267 e. The molecule has 1 aliphatic heterocycles. The van der Waals surface area contributed by atoms with Gasteiger partial charge in [-0.1, -0.05) is 12.1 Å². The number of rotatable bonds is 2. The Morgan fingerprint density at radius 3 is 1.96 bits per heavy atom. The average Bonchev–Trinajstić information content (AvgIpc) is 2.87. The number of imide groups is 1. The molecule has 3 heterocycles. The Morgan fingerprint density at radius 1 is 0.652 bits per heavy atom. The minimum Gasteiger partial charge on any atom is -0.268 e. The lowest BCUT2D eigenvalue weighted by Crippen LogP contribution is -2.29. The molecule has 110 valence electrons. The number of hydrogen-bond donors (Lipinski definition) is 0. The maximum atomic E-state index is 12.4. The van der Waals surface area contributed by atoms with Gasteiger partial charge in [0, 0.05) is 24.8 Å². The second kappa shape index (κ2) is 5.14. The van der Waals surface area contributed by atoms with E-state index >= 15 is 0 Å². The van der Waals surface area contributed by atoms with Crippen LogP contribution in [0.3, 0.4) is 0 Å². The lowest BCUT2D eigenvalue weighted by atomic mass is 10.1. The number of nitrogens with zero attached hydrogens (tertiary/aromatic N) is 3. The Balaban J connectivity index is 1.70. The number of fused-ring (bicyclic) bond motifs is 1. The van der Waals surface area contributed by atoms with Crippen LogP contribution in [0.2, 0.25) is 0 Å². The molecule has 0 fully saturated rings. The second-order valence-electron chi connectivity index (χ2n) is 5.15. The van der Waals surface area contributed by atoms with Crippen molar-refractivity contribution >= 4 is 17.5 Å². The van der Waals surface area contributed by atoms with E-state index in [0.29, 0.717) is 16.8 Å². The summed E-state index contributed by atoms with van der Waals surface area (Å²) in [6.45, 7) is 0. The summed E-state index contributed by atoms with van der Waals surface area (Å²) in [7, 11) is 0. The van der Waals surface area contributed by atoms with E-state index in [1.54, 1.807) is 30.6 Å². The predicted molar refractivity (Wildman–Crippen MR) is 85.1 cm³/mol. The minimum atomic E-state index is -0.338. The normalized spacial score (nSPS) is 13.3. The molecule has 5 nitrogen and oxygen atoms in total. The van der Waals surface area contributed by atoms with Gasteiger partial charge in [0.15, 0.2) is 0 Å². The quantitative estimate of drug-likeness (QED) is 0.683. The van der Waals surface area contributed by atoms with E-state index in [2.05, 4.69) is 9.97 Å². The number of hydrogen-bond acceptors (Lipinski definition) is 4. The van der Waals surface area contributed by atoms with Crippen LogP contribution in [0.5, 0.6) is 0 Å². The van der Waals surface area contributed by atoms with Crippen molar-refractivity contribution < 1.29 is 9.59 Å². The first-order valence-corrected chi connectivity index (χ1v) is 7.09. The number of anilines is 1. The summed E-state index contributed by atoms with van der Waals surface area (Å²) in [4.78, 5) is 33.9. The van der Waals surface area contributed by atoms with E-state index in [0.717, 1.165) is 11.1 Å². The molecule has 2 amide bonds. The SMILES string of the molecule is O=C1c2ccncc2C(=O)N1c1ccc(-c2ccncc2)cc1. The molecule has 0 radical (unpaired) electrons. The van der Waals surface area contributed by atoms with Gasteiger partial charge in [0.25, 0.3) is 11.8 Å². The van der Waals surface area contributed by atoms with Gasteiger partial charge in [-0.25, -0.2) is 4.90 Å². The van der Waals surface area contributed by atoms with Crippen LogP contribution < -0.4 is 4.90 Å². The monoisotopic (exact) mass is 301 g/mol. The number of carbonyl (C=O) groups excluding carboxylic acids is 2. The molecule has 0 saturated carbocycles. The van der Waals surface area contributed by atoms with Gasteiger partial charge < -0.3 is 0 Å². The predicted octanol–water partition coefficient (Wildman–Crippen LogP) is 2.94. The molecule has 23 heavy (non-hydrogen) atoms. The van der Waals surface area contributed by atoms with E-state index < -0.39 is 0 Å². The van der Waals surface area contributed by atoms with Crippen LogP contribution in [0.25, 0.3) is 11.1 Å². The van der Waals surface area contributed by atoms with Crippen LogP contribution in [-0.4, -0.2) is 21.8 Å². The van der Waals surface area contributed by atoms with Gasteiger partial charge in [0.05, 0.1) is 16.8 Å². The first-order valence-electron chi connectivity index (χ1n) is 7.09. The van der Waals surface area contributed by atoms with Crippen molar-refractivity contribution in [3.63, 3.8) is 0 Å². The van der Waals surface area contributed by atoms with Gasteiger partial charge in [0.2, 0.25) is 0 Å². The number of carbonyl (C=O) groups is 2. The molecule has 0 unspecified atom stereocenters. The molecular weight excluding hydrogens is 290 g/mol. The molecule has 2 aromatic heterocycles. The maximum absolute atomic E-state index is 12.4. The summed E-state index contributed by atoms with van der Waals surface area (Å²) >= 11 is 0. The molecular formula is C18H11N3O2. The van der Waals surface area contributed by atoms with Crippen LogP contribution in [0.4, 0.5) is 5.69 Å². The molecule has 3 aromatic rings. The summed E-state index contributed by atoms with van der Waals surface area (Å²) in [6.07, 6.45) is 6.39. The lowest BCUT2D eigenvalue weighted by molar-refractivity contribution is 0.0926. The first-order chi connectivity index (χ1) is 11.3. The fourth-order valence-electron chi connectivity index (χ4n) is 2.67. The highest BCUT2D eigenvalue weighted by atomic mass is 16.2. The van der Waals surface area contributed by atoms with E-state index in [9.17, 15) is 9.59 Å². The molecule has 0 N–H and O–H groups in total. The Morgan fingerprint density at radius 2 is 1.26 bits per heavy atom. The summed E-state index contributed by atoms with van der Waals surface area (Å²) < 4.78 is 0. The molecule has 1 aromatic carbocycles. The summed E-state index contributed by atoms with van der Waals surface area (Å²) in [5, 5.41) is 0. The summed E-state index contributed by atoms with van der Waals surface area (Å²) in [6, 6.07) is 12.7. The van der Waals surface area contributed by atoms with Crippen molar-refractivity contribution in [1.29, 1.82) is 0 Å². The van der Waals surface area contributed by atoms with Gasteiger partial charge in [-0.05, 0) is 41.5 Å². The van der Waals surface area contributed by atoms with Crippen molar-refractivity contribution in [1.82, 2.24) is 9.97 Å². The Hall–Kier alpha value is -3.34. The molecule has 4 rings (SSSR count). The summed E-state index contributed by atoms with van der Waals surface area (Å²) in [5.74, 6) is -0.654. The van der Waals surface area contributed by atoms with Crippen LogP contribution in [0.15, 0.2) is 67.3 Å². The van der Waals surface area contributed by atoms with E-state index in [4.69, 9.17) is 0 Å². The molecule has 0 aliphatic carbocycles. The third kappa shape index (κ3) is 2.10. The highest BCUT2D eigenvalue weighted by Crippen LogP contribution is 2.29. The molecule has 0 bridgehead atoms. The third-order valence-electron chi connectivity index (χ3n) is 3.83. The second-order valence-corrected chi connectivity index (χ2v) is 5.15. The van der Waals surface area contributed by atoms with Gasteiger partial charge >= 0.3 is 0 Å². The van der Waals surface area contributed by atoms with Crippen molar-refractivity contribution in [2.24, 2.45) is 0 Å². The largest absolute Gasteiger partial charge is 0.268 e. The zero-order valence-electron chi connectivity index (χ0n) is 12.0. The van der Waals surface area contributed by atoms with Crippen molar-refractivity contribution in [2.75, 3.05) is 4.90 Å². The van der Waals surface area contributed by atoms with Crippen molar-refractivity contribution in [3.05, 3.63) is 78.4 Å². The minimum absolute atomic E-state index is 0.316. The Kier molecular flexibility index (Phi) is 2.98. The number of aromatic nitrogens is 2. The maximum Gasteiger partial charge on any atom is 0.267 e. The highest BCUT2D eigenvalue weighted by molar-refractivity contribution is 6.34. The molecule has 0 spiro atoms. The molecule has 5 heteroatoms. The number of pyridine rings is 2. The fraction of sp³-hybridized carbons (Fsp3) is 0. The highest BCUT2D eigenvalue weighted by Gasteiger charge is 2.36. The van der Waals surface area contributed by atoms with E-state index in [1.165, 1.54) is 17.3 Å². The van der Waals surface area contributed by atoms with Crippen molar-refractivity contribution in [2.45, 2.75) is 0 Å². The van der Waals surface area contributed by atoms with Gasteiger partial charge in [0.1, 0.15) is 0 Å². The molecule has 1 aliphatic rings. The Bertz CT molecular complexity index is 870. The zero-order chi connectivity index (χ0) is 15.8. The van der Waals surface area contributed by atoms with Crippen LogP contribution >= 0.6 is 0 Å². The van der Waals surface area contributed by atoms with Gasteiger partial charge in [-0.2, -0.15) is 0 Å². The molecule has 0 saturated heterocycles. The van der Waals surface area contributed by atoms with Crippen LogP contribution in [-0.2, 0) is 0 Å².